The first-order valence-electron chi connectivity index (χ1n) is 13.1. The molecule has 7 heteroatoms. The van der Waals surface area contributed by atoms with Gasteiger partial charge < -0.3 is 14.8 Å². The van der Waals surface area contributed by atoms with Crippen LogP contribution in [-0.2, 0) is 11.2 Å². The molecule has 3 heterocycles. The number of hydrogen-bond acceptors (Lipinski definition) is 4. The summed E-state index contributed by atoms with van der Waals surface area (Å²) in [4.78, 5) is 15.3. The van der Waals surface area contributed by atoms with E-state index in [-0.39, 0.29) is 29.4 Å². The third-order valence-corrected chi connectivity index (χ3v) is 8.08. The van der Waals surface area contributed by atoms with E-state index in [1.807, 2.05) is 13.8 Å². The van der Waals surface area contributed by atoms with Gasteiger partial charge in [-0.25, -0.2) is 13.6 Å². The van der Waals surface area contributed by atoms with Gasteiger partial charge in [-0.2, -0.15) is 0 Å². The summed E-state index contributed by atoms with van der Waals surface area (Å²) in [5, 5.41) is 3.07. The van der Waals surface area contributed by atoms with Crippen molar-refractivity contribution >= 4 is 6.09 Å². The quantitative estimate of drug-likeness (QED) is 0.529. The number of piperidine rings is 3. The van der Waals surface area contributed by atoms with E-state index in [9.17, 15) is 9.18 Å². The molecule has 2 aromatic rings. The molecule has 2 atom stereocenters. The van der Waals surface area contributed by atoms with Crippen LogP contribution in [0.2, 0.25) is 0 Å². The Balaban J connectivity index is 1.38. The lowest BCUT2D eigenvalue weighted by atomic mass is 9.70. The van der Waals surface area contributed by atoms with Crippen LogP contribution in [0.5, 0.6) is 5.75 Å². The molecule has 0 saturated carbocycles. The smallest absolute Gasteiger partial charge is 0.407 e. The van der Waals surface area contributed by atoms with Crippen LogP contribution in [0.1, 0.15) is 64.1 Å². The molecule has 3 fully saturated rings. The number of halogens is 2. The number of hydrogen-bond donors (Lipinski definition) is 1. The van der Waals surface area contributed by atoms with Gasteiger partial charge in [0.2, 0.25) is 0 Å². The molecule has 4 aliphatic rings. The summed E-state index contributed by atoms with van der Waals surface area (Å²) < 4.78 is 41.4. The molecule has 2 bridgehead atoms. The maximum Gasteiger partial charge on any atom is 0.407 e. The van der Waals surface area contributed by atoms with Crippen molar-refractivity contribution in [1.29, 1.82) is 0 Å². The van der Waals surface area contributed by atoms with Gasteiger partial charge in [-0.3, -0.25) is 4.90 Å². The molecule has 0 spiro atoms. The number of benzene rings is 2. The van der Waals surface area contributed by atoms with E-state index in [0.29, 0.717) is 17.0 Å². The molecule has 0 aromatic heterocycles. The number of amides is 1. The van der Waals surface area contributed by atoms with Gasteiger partial charge in [0.25, 0.3) is 0 Å². The minimum absolute atomic E-state index is 0.0877. The number of carbonyl (C=O) groups excluding carboxylic acids is 1. The fourth-order valence-corrected chi connectivity index (χ4v) is 5.99. The Hall–Kier alpha value is -2.67. The molecule has 36 heavy (non-hydrogen) atoms. The van der Waals surface area contributed by atoms with Crippen LogP contribution in [0, 0.1) is 23.0 Å². The van der Waals surface area contributed by atoms with Gasteiger partial charge in [0, 0.05) is 12.1 Å². The average molecular weight is 499 g/mol. The van der Waals surface area contributed by atoms with Crippen molar-refractivity contribution in [3.05, 3.63) is 53.1 Å². The zero-order chi connectivity index (χ0) is 25.6. The number of fused-ring (bicyclic) bond motifs is 4. The lowest BCUT2D eigenvalue weighted by Crippen LogP contribution is -2.53. The van der Waals surface area contributed by atoms with Crippen LogP contribution in [0.3, 0.4) is 0 Å². The fourth-order valence-electron chi connectivity index (χ4n) is 5.99. The highest BCUT2D eigenvalue weighted by atomic mass is 19.1. The third-order valence-electron chi connectivity index (χ3n) is 8.08. The Labute approximate surface area is 212 Å². The number of ether oxygens (including phenoxy) is 2. The SMILES string of the molecule is CC(C)Oc1ccc(-c2cc3c(cc2F)[C@H](NC(=O)O[C@@H]2CN4CCC2CC4)C(C)(C)CC3)cc1F. The summed E-state index contributed by atoms with van der Waals surface area (Å²) >= 11 is 0. The molecule has 0 radical (unpaired) electrons. The second-order valence-corrected chi connectivity index (χ2v) is 11.5. The average Bonchev–Trinajstić information content (AvgIpc) is 2.83. The Morgan fingerprint density at radius 2 is 1.86 bits per heavy atom. The Bertz CT molecular complexity index is 1140. The maximum absolute atomic E-state index is 15.4. The van der Waals surface area contributed by atoms with Crippen LogP contribution in [0.4, 0.5) is 13.6 Å². The second kappa shape index (κ2) is 9.66. The topological polar surface area (TPSA) is 50.8 Å². The summed E-state index contributed by atoms with van der Waals surface area (Å²) in [5.41, 5.74) is 2.26. The Kier molecular flexibility index (Phi) is 6.70. The van der Waals surface area contributed by atoms with Crippen molar-refractivity contribution in [2.45, 2.75) is 71.6 Å². The zero-order valence-corrected chi connectivity index (χ0v) is 21.6. The predicted molar refractivity (Wildman–Crippen MR) is 135 cm³/mol. The van der Waals surface area contributed by atoms with E-state index >= 15 is 4.39 Å². The van der Waals surface area contributed by atoms with Crippen LogP contribution in [-0.4, -0.2) is 42.8 Å². The number of aryl methyl sites for hydroxylation is 1. The normalized spacial score (nSPS) is 26.4. The van der Waals surface area contributed by atoms with Crippen molar-refractivity contribution in [2.75, 3.05) is 19.6 Å². The van der Waals surface area contributed by atoms with E-state index in [4.69, 9.17) is 9.47 Å². The maximum atomic E-state index is 15.4. The van der Waals surface area contributed by atoms with Crippen LogP contribution >= 0.6 is 0 Å². The van der Waals surface area contributed by atoms with Crippen molar-refractivity contribution in [3.8, 4) is 16.9 Å². The highest BCUT2D eigenvalue weighted by Crippen LogP contribution is 2.45. The van der Waals surface area contributed by atoms with E-state index in [0.717, 1.165) is 56.4 Å². The van der Waals surface area contributed by atoms with E-state index in [2.05, 4.69) is 24.1 Å². The van der Waals surface area contributed by atoms with Gasteiger partial charge in [-0.15, -0.1) is 0 Å². The van der Waals surface area contributed by atoms with E-state index in [1.165, 1.54) is 12.1 Å². The predicted octanol–water partition coefficient (Wildman–Crippen LogP) is 6.25. The first kappa shape index (κ1) is 25.0. The lowest BCUT2D eigenvalue weighted by Gasteiger charge is -2.44. The molecule has 2 aromatic carbocycles. The monoisotopic (exact) mass is 498 g/mol. The summed E-state index contributed by atoms with van der Waals surface area (Å²) in [6.07, 6.45) is 3.02. The van der Waals surface area contributed by atoms with Gasteiger partial charge in [-0.1, -0.05) is 19.9 Å². The fraction of sp³-hybridized carbons (Fsp3) is 0.552. The highest BCUT2D eigenvalue weighted by Gasteiger charge is 2.40. The van der Waals surface area contributed by atoms with Crippen LogP contribution < -0.4 is 10.1 Å². The second-order valence-electron chi connectivity index (χ2n) is 11.5. The number of carbonyl (C=O) groups is 1. The Morgan fingerprint density at radius 1 is 1.11 bits per heavy atom. The Morgan fingerprint density at radius 3 is 2.50 bits per heavy atom. The largest absolute Gasteiger partial charge is 0.488 e. The number of nitrogens with zero attached hydrogens (tertiary/aromatic N) is 1. The summed E-state index contributed by atoms with van der Waals surface area (Å²) in [6, 6.07) is 7.46. The molecule has 1 amide bonds. The molecule has 0 unspecified atom stereocenters. The summed E-state index contributed by atoms with van der Waals surface area (Å²) in [7, 11) is 0. The molecular weight excluding hydrogens is 462 g/mol. The van der Waals surface area contributed by atoms with Crippen LogP contribution in [0.25, 0.3) is 11.1 Å². The third kappa shape index (κ3) is 4.95. The van der Waals surface area contributed by atoms with Crippen molar-refractivity contribution < 1.29 is 23.0 Å². The summed E-state index contributed by atoms with van der Waals surface area (Å²) in [5.74, 6) is -0.389. The molecule has 1 aliphatic carbocycles. The summed E-state index contributed by atoms with van der Waals surface area (Å²) in [6.45, 7) is 10.8. The molecule has 3 aliphatic heterocycles. The van der Waals surface area contributed by atoms with Gasteiger partial charge >= 0.3 is 6.09 Å². The minimum atomic E-state index is -0.519. The lowest BCUT2D eigenvalue weighted by molar-refractivity contribution is -0.0353. The molecule has 1 N–H and O–H groups in total. The molecule has 194 valence electrons. The molecule has 6 rings (SSSR count). The highest BCUT2D eigenvalue weighted by molar-refractivity contribution is 5.70. The van der Waals surface area contributed by atoms with E-state index < -0.39 is 17.7 Å². The van der Waals surface area contributed by atoms with Crippen molar-refractivity contribution in [2.24, 2.45) is 11.3 Å². The van der Waals surface area contributed by atoms with Gasteiger partial charge in [0.1, 0.15) is 11.9 Å². The first-order chi connectivity index (χ1) is 17.1. The molecule has 5 nitrogen and oxygen atoms in total. The first-order valence-corrected chi connectivity index (χ1v) is 13.1. The van der Waals surface area contributed by atoms with Gasteiger partial charge in [0.05, 0.1) is 12.1 Å². The molecule has 3 saturated heterocycles. The zero-order valence-electron chi connectivity index (χ0n) is 21.6. The van der Waals surface area contributed by atoms with Gasteiger partial charge in [-0.05, 0) is 105 Å². The van der Waals surface area contributed by atoms with Gasteiger partial charge in [0.15, 0.2) is 11.6 Å². The van der Waals surface area contributed by atoms with E-state index in [1.54, 1.807) is 18.2 Å². The molecular formula is C29H36F2N2O3. The number of nitrogens with one attached hydrogen (secondary N) is 1. The number of rotatable bonds is 5. The minimum Gasteiger partial charge on any atom is -0.488 e. The van der Waals surface area contributed by atoms with Crippen molar-refractivity contribution in [3.63, 3.8) is 0 Å². The van der Waals surface area contributed by atoms with Crippen molar-refractivity contribution in [1.82, 2.24) is 10.2 Å². The van der Waals surface area contributed by atoms with Crippen LogP contribution in [0.15, 0.2) is 30.3 Å². The standard InChI is InChI=1S/C29H36F2N2O3/c1-17(2)35-25-6-5-19(14-24(25)31)21-13-20-7-10-29(3,4)27(22(20)15-23(21)30)32-28(34)36-26-16-33-11-8-18(26)9-12-33/h5-6,13-15,17-18,26-27H,7-12,16H2,1-4H3,(H,32,34)/t26-,27+/m1/s1. The number of alkyl carbamates (subject to hydrolysis) is 1.